The molecule has 2 heterocycles. The molecule has 0 amide bonds. The average molecular weight is 456 g/mol. The zero-order chi connectivity index (χ0) is 23.3. The summed E-state index contributed by atoms with van der Waals surface area (Å²) in [5.41, 5.74) is 3.61. The molecule has 0 aliphatic carbocycles. The van der Waals surface area contributed by atoms with Gasteiger partial charge in [0.25, 0.3) is 0 Å². The third-order valence-electron chi connectivity index (χ3n) is 5.88. The van der Waals surface area contributed by atoms with Crippen molar-refractivity contribution in [1.82, 2.24) is 0 Å². The highest BCUT2D eigenvalue weighted by Crippen LogP contribution is 2.46. The summed E-state index contributed by atoms with van der Waals surface area (Å²) >= 11 is 0. The van der Waals surface area contributed by atoms with Crippen LogP contribution in [0.1, 0.15) is 27.8 Å². The molecule has 4 N–H and O–H groups in total. The van der Waals surface area contributed by atoms with E-state index in [0.717, 1.165) is 22.3 Å². The molecule has 1 saturated heterocycles. The van der Waals surface area contributed by atoms with E-state index in [-0.39, 0.29) is 12.4 Å². The van der Waals surface area contributed by atoms with Gasteiger partial charge in [-0.05, 0) is 53.8 Å². The maximum absolute atomic E-state index is 12.4. The minimum Gasteiger partial charge on any atom is -0.406 e. The largest absolute Gasteiger partial charge is 0.573 e. The van der Waals surface area contributed by atoms with Gasteiger partial charge in [-0.15, -0.1) is 13.2 Å². The van der Waals surface area contributed by atoms with E-state index in [2.05, 4.69) is 4.74 Å². The lowest BCUT2D eigenvalue weighted by Crippen LogP contribution is -2.63. The van der Waals surface area contributed by atoms with Gasteiger partial charge in [0.1, 0.15) is 30.2 Å². The number of ether oxygens (including phenoxy) is 3. The van der Waals surface area contributed by atoms with E-state index in [9.17, 15) is 33.6 Å². The zero-order valence-corrected chi connectivity index (χ0v) is 17.0. The molecule has 1 spiro atoms. The fraction of sp³-hybridized carbons (Fsp3) is 0.455. The van der Waals surface area contributed by atoms with E-state index in [4.69, 9.17) is 9.47 Å². The summed E-state index contributed by atoms with van der Waals surface area (Å²) in [6.45, 7) is 1.38. The quantitative estimate of drug-likeness (QED) is 0.554. The first-order valence-electron chi connectivity index (χ1n) is 9.98. The van der Waals surface area contributed by atoms with Crippen molar-refractivity contribution in [3.05, 3.63) is 64.2 Å². The molecule has 2 aromatic rings. The van der Waals surface area contributed by atoms with E-state index < -0.39 is 43.2 Å². The topological polar surface area (TPSA) is 109 Å². The smallest absolute Gasteiger partial charge is 0.406 e. The number of aryl methyl sites for hydroxylation is 1. The maximum atomic E-state index is 12.4. The van der Waals surface area contributed by atoms with Crippen LogP contribution >= 0.6 is 0 Å². The average Bonchev–Trinajstić information content (AvgIpc) is 3.08. The van der Waals surface area contributed by atoms with Crippen molar-refractivity contribution in [3.63, 3.8) is 0 Å². The van der Waals surface area contributed by atoms with Crippen LogP contribution in [0.5, 0.6) is 5.75 Å². The second kappa shape index (κ2) is 8.29. The lowest BCUT2D eigenvalue weighted by atomic mass is 9.85. The Morgan fingerprint density at radius 1 is 1.09 bits per heavy atom. The predicted octanol–water partition coefficient (Wildman–Crippen LogP) is 1.64. The Bertz CT molecular complexity index is 977. The fourth-order valence-corrected chi connectivity index (χ4v) is 4.22. The number of hydrogen-bond acceptors (Lipinski definition) is 7. The summed E-state index contributed by atoms with van der Waals surface area (Å²) < 4.78 is 52.5. The number of rotatable bonds is 4. The van der Waals surface area contributed by atoms with Crippen molar-refractivity contribution >= 4 is 0 Å². The van der Waals surface area contributed by atoms with Crippen LogP contribution in [-0.4, -0.2) is 57.8 Å². The monoisotopic (exact) mass is 456 g/mol. The first-order chi connectivity index (χ1) is 15.0. The van der Waals surface area contributed by atoms with Crippen molar-refractivity contribution in [2.45, 2.75) is 56.5 Å². The van der Waals surface area contributed by atoms with Crippen molar-refractivity contribution < 1.29 is 47.8 Å². The van der Waals surface area contributed by atoms with Gasteiger partial charge in [0.2, 0.25) is 5.79 Å². The molecule has 5 atom stereocenters. The maximum Gasteiger partial charge on any atom is 0.573 e. The Morgan fingerprint density at radius 2 is 1.78 bits per heavy atom. The molecule has 0 bridgehead atoms. The highest BCUT2D eigenvalue weighted by molar-refractivity contribution is 5.45. The second-order valence-corrected chi connectivity index (χ2v) is 8.03. The molecule has 32 heavy (non-hydrogen) atoms. The van der Waals surface area contributed by atoms with Gasteiger partial charge in [0.15, 0.2) is 0 Å². The van der Waals surface area contributed by atoms with E-state index in [0.29, 0.717) is 12.0 Å². The van der Waals surface area contributed by atoms with Crippen LogP contribution in [0.2, 0.25) is 0 Å². The molecule has 2 aliphatic rings. The Labute approximate surface area is 181 Å². The molecule has 4 rings (SSSR count). The molecule has 1 unspecified atom stereocenters. The van der Waals surface area contributed by atoms with Crippen LogP contribution in [-0.2, 0) is 28.3 Å². The highest BCUT2D eigenvalue weighted by atomic mass is 19.4. The Kier molecular flexibility index (Phi) is 5.95. The van der Waals surface area contributed by atoms with Crippen molar-refractivity contribution in [2.24, 2.45) is 0 Å². The van der Waals surface area contributed by atoms with Crippen molar-refractivity contribution in [3.8, 4) is 5.75 Å². The van der Waals surface area contributed by atoms with Gasteiger partial charge < -0.3 is 34.6 Å². The van der Waals surface area contributed by atoms with Crippen molar-refractivity contribution in [1.29, 1.82) is 0 Å². The third kappa shape index (κ3) is 4.09. The number of halogens is 3. The van der Waals surface area contributed by atoms with Gasteiger partial charge in [-0.1, -0.05) is 18.2 Å². The lowest BCUT2D eigenvalue weighted by Gasteiger charge is -2.46. The summed E-state index contributed by atoms with van der Waals surface area (Å²) in [6, 6.07) is 9.10. The molecule has 174 valence electrons. The van der Waals surface area contributed by atoms with E-state index in [1.54, 1.807) is 6.07 Å². The molecule has 2 aliphatic heterocycles. The lowest BCUT2D eigenvalue weighted by molar-refractivity contribution is -0.368. The van der Waals surface area contributed by atoms with E-state index >= 15 is 0 Å². The molecule has 0 aromatic heterocycles. The summed E-state index contributed by atoms with van der Waals surface area (Å²) in [4.78, 5) is 0. The number of aliphatic hydroxyl groups is 4. The predicted molar refractivity (Wildman–Crippen MR) is 104 cm³/mol. The number of hydrogen-bond donors (Lipinski definition) is 4. The zero-order valence-electron chi connectivity index (χ0n) is 17.0. The van der Waals surface area contributed by atoms with Crippen LogP contribution in [0, 0.1) is 6.92 Å². The Balaban J connectivity index is 1.64. The van der Waals surface area contributed by atoms with Gasteiger partial charge in [-0.3, -0.25) is 0 Å². The third-order valence-corrected chi connectivity index (χ3v) is 5.88. The first kappa shape index (κ1) is 23.0. The van der Waals surface area contributed by atoms with E-state index in [1.807, 2.05) is 13.0 Å². The minimum atomic E-state index is -4.77. The first-order valence-corrected chi connectivity index (χ1v) is 9.98. The molecule has 0 saturated carbocycles. The highest BCUT2D eigenvalue weighted by Gasteiger charge is 2.58. The van der Waals surface area contributed by atoms with Gasteiger partial charge in [-0.25, -0.2) is 0 Å². The number of alkyl halides is 3. The summed E-state index contributed by atoms with van der Waals surface area (Å²) in [5.74, 6) is -2.07. The van der Waals surface area contributed by atoms with Gasteiger partial charge >= 0.3 is 6.36 Å². The molecule has 0 radical (unpaired) electrons. The Morgan fingerprint density at radius 3 is 2.41 bits per heavy atom. The Hall–Kier alpha value is -2.21. The summed E-state index contributed by atoms with van der Waals surface area (Å²) in [7, 11) is 0. The van der Waals surface area contributed by atoms with Crippen molar-refractivity contribution in [2.75, 3.05) is 6.61 Å². The molecule has 2 aromatic carbocycles. The van der Waals surface area contributed by atoms with Crippen LogP contribution in [0.3, 0.4) is 0 Å². The van der Waals surface area contributed by atoms with Crippen LogP contribution in [0.25, 0.3) is 0 Å². The molecule has 7 nitrogen and oxygen atoms in total. The molecular formula is C22H23F3O7. The minimum absolute atomic E-state index is 0.0952. The number of benzene rings is 2. The van der Waals surface area contributed by atoms with Crippen LogP contribution in [0.15, 0.2) is 36.4 Å². The van der Waals surface area contributed by atoms with Gasteiger partial charge in [0.05, 0.1) is 13.2 Å². The van der Waals surface area contributed by atoms with Gasteiger partial charge in [0, 0.05) is 5.56 Å². The molecule has 10 heteroatoms. The van der Waals surface area contributed by atoms with Crippen LogP contribution in [0.4, 0.5) is 13.2 Å². The second-order valence-electron chi connectivity index (χ2n) is 8.03. The standard InChI is InChI=1S/C22H23F3O7/c1-11-6-14-10-30-21(20(29)19(28)18(27)17(9-26)32-21)16(14)8-13(11)7-12-2-4-15(5-3-12)31-22(23,24)25/h2-6,8,17-20,26-29H,7,9-10H2,1H3/t17-,18-,19?,20-,21+/m1/s1. The molecule has 1 fully saturated rings. The van der Waals surface area contributed by atoms with Gasteiger partial charge in [-0.2, -0.15) is 0 Å². The van der Waals surface area contributed by atoms with E-state index in [1.165, 1.54) is 24.3 Å². The fourth-order valence-electron chi connectivity index (χ4n) is 4.22. The number of aliphatic hydroxyl groups excluding tert-OH is 4. The SMILES string of the molecule is Cc1cc2c(cc1Cc1ccc(OC(F)(F)F)cc1)[C@]1(OC2)O[C@H](CO)[C@@H](O)C(O)[C@H]1O. The number of fused-ring (bicyclic) bond motifs is 2. The summed E-state index contributed by atoms with van der Waals surface area (Å²) in [6.07, 6.45) is -10.3. The summed E-state index contributed by atoms with van der Waals surface area (Å²) in [5, 5.41) is 40.6. The van der Waals surface area contributed by atoms with Crippen LogP contribution < -0.4 is 4.74 Å². The molecular weight excluding hydrogens is 433 g/mol. The normalized spacial score (nSPS) is 29.9.